The summed E-state index contributed by atoms with van der Waals surface area (Å²) in [4.78, 5) is 12.5. The van der Waals surface area contributed by atoms with Crippen molar-refractivity contribution in [1.29, 1.82) is 0 Å². The standard InChI is InChI=1S/C22H23ClN4O/c1-14-21(15(2)27(26-14)20-7-5-19(23)6-8-20)10-22(28)25-11-16-3-4-17-12-24-13-18(17)9-16/h3-9,24H,10-13H2,1-2H3,(H,25,28). The maximum atomic E-state index is 12.5. The molecule has 0 radical (unpaired) electrons. The fourth-order valence-electron chi connectivity index (χ4n) is 3.65. The van der Waals surface area contributed by atoms with Gasteiger partial charge in [-0.05, 0) is 54.8 Å². The van der Waals surface area contributed by atoms with Crippen LogP contribution in [0.5, 0.6) is 0 Å². The first-order valence-corrected chi connectivity index (χ1v) is 9.78. The van der Waals surface area contributed by atoms with Crippen molar-refractivity contribution < 1.29 is 4.79 Å². The molecule has 5 nitrogen and oxygen atoms in total. The van der Waals surface area contributed by atoms with Crippen LogP contribution >= 0.6 is 11.6 Å². The molecule has 0 aliphatic carbocycles. The minimum Gasteiger partial charge on any atom is -0.352 e. The van der Waals surface area contributed by atoms with Gasteiger partial charge in [0.1, 0.15) is 0 Å². The minimum absolute atomic E-state index is 0.000444. The smallest absolute Gasteiger partial charge is 0.224 e. The van der Waals surface area contributed by atoms with Crippen molar-refractivity contribution in [3.05, 3.63) is 81.1 Å². The molecule has 3 aromatic rings. The fraction of sp³-hybridized carbons (Fsp3) is 0.273. The molecule has 0 saturated heterocycles. The van der Waals surface area contributed by atoms with Crippen LogP contribution in [0.4, 0.5) is 0 Å². The predicted octanol–water partition coefficient (Wildman–Crippen LogP) is 3.60. The summed E-state index contributed by atoms with van der Waals surface area (Å²) in [6, 6.07) is 13.9. The third kappa shape index (κ3) is 3.81. The van der Waals surface area contributed by atoms with E-state index >= 15 is 0 Å². The van der Waals surface area contributed by atoms with Gasteiger partial charge >= 0.3 is 0 Å². The minimum atomic E-state index is 0.000444. The van der Waals surface area contributed by atoms with E-state index in [1.807, 2.05) is 42.8 Å². The van der Waals surface area contributed by atoms with E-state index < -0.39 is 0 Å². The maximum absolute atomic E-state index is 12.5. The van der Waals surface area contributed by atoms with Crippen molar-refractivity contribution in [1.82, 2.24) is 20.4 Å². The third-order valence-corrected chi connectivity index (χ3v) is 5.49. The Labute approximate surface area is 169 Å². The Morgan fingerprint density at radius 1 is 1.14 bits per heavy atom. The lowest BCUT2D eigenvalue weighted by Crippen LogP contribution is -2.25. The van der Waals surface area contributed by atoms with E-state index in [2.05, 4.69) is 33.9 Å². The zero-order valence-corrected chi connectivity index (χ0v) is 16.8. The number of fused-ring (bicyclic) bond motifs is 1. The van der Waals surface area contributed by atoms with Crippen molar-refractivity contribution in [2.24, 2.45) is 0 Å². The van der Waals surface area contributed by atoms with Gasteiger partial charge in [0.15, 0.2) is 0 Å². The summed E-state index contributed by atoms with van der Waals surface area (Å²) in [5.41, 5.74) is 7.53. The molecule has 1 aliphatic heterocycles. The Kier molecular flexibility index (Phi) is 5.20. The number of halogens is 1. The first kappa shape index (κ1) is 18.7. The number of benzene rings is 2. The van der Waals surface area contributed by atoms with Gasteiger partial charge in [0, 0.05) is 35.9 Å². The maximum Gasteiger partial charge on any atom is 0.224 e. The summed E-state index contributed by atoms with van der Waals surface area (Å²) in [6.07, 6.45) is 0.317. The summed E-state index contributed by atoms with van der Waals surface area (Å²) < 4.78 is 1.86. The topological polar surface area (TPSA) is 59.0 Å². The van der Waals surface area contributed by atoms with Crippen LogP contribution in [0.2, 0.25) is 5.02 Å². The van der Waals surface area contributed by atoms with Gasteiger partial charge in [-0.2, -0.15) is 5.10 Å². The molecule has 2 heterocycles. The SMILES string of the molecule is Cc1nn(-c2ccc(Cl)cc2)c(C)c1CC(=O)NCc1ccc2c(c1)CNC2. The quantitative estimate of drug-likeness (QED) is 0.695. The normalized spacial score (nSPS) is 12.8. The molecule has 6 heteroatoms. The van der Waals surface area contributed by atoms with E-state index in [0.29, 0.717) is 18.0 Å². The van der Waals surface area contributed by atoms with Crippen LogP contribution in [-0.4, -0.2) is 15.7 Å². The highest BCUT2D eigenvalue weighted by Gasteiger charge is 2.16. The summed E-state index contributed by atoms with van der Waals surface area (Å²) in [6.45, 7) is 6.30. The van der Waals surface area contributed by atoms with E-state index in [9.17, 15) is 4.79 Å². The molecule has 0 bridgehead atoms. The van der Waals surface area contributed by atoms with Crippen molar-refractivity contribution in [3.8, 4) is 5.69 Å². The van der Waals surface area contributed by atoms with Crippen LogP contribution in [0, 0.1) is 13.8 Å². The summed E-state index contributed by atoms with van der Waals surface area (Å²) in [5, 5.41) is 11.7. The zero-order chi connectivity index (χ0) is 19.7. The number of carbonyl (C=O) groups excluding carboxylic acids is 1. The lowest BCUT2D eigenvalue weighted by molar-refractivity contribution is -0.120. The molecule has 0 unspecified atom stereocenters. The Balaban J connectivity index is 1.44. The molecule has 2 aromatic carbocycles. The van der Waals surface area contributed by atoms with Gasteiger partial charge in [-0.1, -0.05) is 29.8 Å². The van der Waals surface area contributed by atoms with Crippen LogP contribution in [0.15, 0.2) is 42.5 Å². The molecule has 2 N–H and O–H groups in total. The number of hydrogen-bond donors (Lipinski definition) is 2. The average Bonchev–Trinajstić information content (AvgIpc) is 3.26. The van der Waals surface area contributed by atoms with Crippen LogP contribution in [-0.2, 0) is 30.8 Å². The Morgan fingerprint density at radius 3 is 2.68 bits per heavy atom. The number of nitrogens with zero attached hydrogens (tertiary/aromatic N) is 2. The van der Waals surface area contributed by atoms with Gasteiger partial charge in [-0.25, -0.2) is 4.68 Å². The summed E-state index contributed by atoms with van der Waals surface area (Å²) >= 11 is 5.97. The van der Waals surface area contributed by atoms with E-state index in [0.717, 1.165) is 41.3 Å². The molecule has 0 fully saturated rings. The molecule has 0 atom stereocenters. The zero-order valence-electron chi connectivity index (χ0n) is 16.1. The van der Waals surface area contributed by atoms with Gasteiger partial charge in [0.05, 0.1) is 17.8 Å². The van der Waals surface area contributed by atoms with Crippen molar-refractivity contribution in [2.75, 3.05) is 0 Å². The third-order valence-electron chi connectivity index (χ3n) is 5.24. The number of nitrogens with one attached hydrogen (secondary N) is 2. The Morgan fingerprint density at radius 2 is 1.89 bits per heavy atom. The fourth-order valence-corrected chi connectivity index (χ4v) is 3.77. The molecule has 0 saturated carbocycles. The highest BCUT2D eigenvalue weighted by Crippen LogP contribution is 2.20. The van der Waals surface area contributed by atoms with Crippen LogP contribution in [0.25, 0.3) is 5.69 Å². The van der Waals surface area contributed by atoms with Crippen molar-refractivity contribution >= 4 is 17.5 Å². The molecule has 1 amide bonds. The molecular weight excluding hydrogens is 372 g/mol. The number of aryl methyl sites for hydroxylation is 1. The molecule has 4 rings (SSSR count). The molecule has 0 spiro atoms. The number of aromatic nitrogens is 2. The second-order valence-electron chi connectivity index (χ2n) is 7.20. The van der Waals surface area contributed by atoms with Crippen LogP contribution in [0.1, 0.15) is 33.6 Å². The van der Waals surface area contributed by atoms with Gasteiger partial charge in [0.2, 0.25) is 5.91 Å². The molecule has 28 heavy (non-hydrogen) atoms. The van der Waals surface area contributed by atoms with E-state index in [-0.39, 0.29) is 5.91 Å². The summed E-state index contributed by atoms with van der Waals surface area (Å²) in [5.74, 6) is 0.000444. The highest BCUT2D eigenvalue weighted by molar-refractivity contribution is 6.30. The van der Waals surface area contributed by atoms with Crippen molar-refractivity contribution in [2.45, 2.75) is 39.9 Å². The molecular formula is C22H23ClN4O. The van der Waals surface area contributed by atoms with Crippen molar-refractivity contribution in [3.63, 3.8) is 0 Å². The Hall–Kier alpha value is -2.63. The monoisotopic (exact) mass is 394 g/mol. The number of rotatable bonds is 5. The second kappa shape index (κ2) is 7.78. The van der Waals surface area contributed by atoms with E-state index in [1.54, 1.807) is 0 Å². The second-order valence-corrected chi connectivity index (χ2v) is 7.63. The van der Waals surface area contributed by atoms with E-state index in [1.165, 1.54) is 11.1 Å². The van der Waals surface area contributed by atoms with Crippen LogP contribution in [0.3, 0.4) is 0 Å². The first-order chi connectivity index (χ1) is 13.5. The number of carbonyl (C=O) groups is 1. The molecule has 1 aliphatic rings. The lowest BCUT2D eigenvalue weighted by atomic mass is 10.1. The highest BCUT2D eigenvalue weighted by atomic mass is 35.5. The largest absolute Gasteiger partial charge is 0.352 e. The average molecular weight is 395 g/mol. The van der Waals surface area contributed by atoms with Gasteiger partial charge in [-0.15, -0.1) is 0 Å². The van der Waals surface area contributed by atoms with E-state index in [4.69, 9.17) is 11.6 Å². The van der Waals surface area contributed by atoms with Crippen LogP contribution < -0.4 is 10.6 Å². The molecule has 1 aromatic heterocycles. The Bertz CT molecular complexity index is 1020. The summed E-state index contributed by atoms with van der Waals surface area (Å²) in [7, 11) is 0. The lowest BCUT2D eigenvalue weighted by Gasteiger charge is -2.08. The van der Waals surface area contributed by atoms with Gasteiger partial charge in [-0.3, -0.25) is 4.79 Å². The number of hydrogen-bond acceptors (Lipinski definition) is 3. The molecule has 144 valence electrons. The first-order valence-electron chi connectivity index (χ1n) is 9.40. The predicted molar refractivity (Wildman–Crippen MR) is 111 cm³/mol. The number of amides is 1. The van der Waals surface area contributed by atoms with Gasteiger partial charge < -0.3 is 10.6 Å². The van der Waals surface area contributed by atoms with Gasteiger partial charge in [0.25, 0.3) is 0 Å².